The van der Waals surface area contributed by atoms with Gasteiger partial charge >= 0.3 is 0 Å². The summed E-state index contributed by atoms with van der Waals surface area (Å²) < 4.78 is 0. The number of nitrogens with zero attached hydrogens (tertiary/aromatic N) is 3. The van der Waals surface area contributed by atoms with Crippen molar-refractivity contribution in [1.82, 2.24) is 9.97 Å². The Balaban J connectivity index is 1.53. The van der Waals surface area contributed by atoms with E-state index in [-0.39, 0.29) is 0 Å². The maximum Gasteiger partial charge on any atom is 0.0796 e. The topological polar surface area (TPSA) is 29.0 Å². The number of hydrogen-bond acceptors (Lipinski definition) is 3. The van der Waals surface area contributed by atoms with Gasteiger partial charge in [0.1, 0.15) is 0 Å². The Labute approximate surface area is 242 Å². The first-order valence-corrected chi connectivity index (χ1v) is 21.9. The number of aromatic nitrogens is 2. The minimum Gasteiger partial charge on any atom is -0.309 e. The van der Waals surface area contributed by atoms with Gasteiger partial charge in [-0.15, -0.1) is 0 Å². The molecule has 0 bridgehead atoms. The summed E-state index contributed by atoms with van der Waals surface area (Å²) in [6.45, 7) is 14.2. The van der Waals surface area contributed by atoms with Gasteiger partial charge in [0, 0.05) is 39.8 Å². The lowest BCUT2D eigenvalue weighted by Gasteiger charge is -2.35. The number of fused-ring (bicyclic) bond motifs is 2. The van der Waals surface area contributed by atoms with Crippen LogP contribution in [0.25, 0.3) is 22.5 Å². The van der Waals surface area contributed by atoms with Crippen LogP contribution in [0.1, 0.15) is 0 Å². The van der Waals surface area contributed by atoms with Crippen LogP contribution in [0.5, 0.6) is 0 Å². The Kier molecular flexibility index (Phi) is 6.86. The second-order valence-electron chi connectivity index (χ2n) is 12.6. The average molecular weight is 574 g/mol. The van der Waals surface area contributed by atoms with Crippen molar-refractivity contribution in [2.24, 2.45) is 0 Å². The molecule has 6 heteroatoms. The van der Waals surface area contributed by atoms with Gasteiger partial charge < -0.3 is 4.90 Å². The minimum absolute atomic E-state index is 0.492. The fourth-order valence-corrected chi connectivity index (χ4v) is 8.91. The summed E-state index contributed by atoms with van der Waals surface area (Å²) in [6.07, 6.45) is 4.20. The van der Waals surface area contributed by atoms with E-state index in [2.05, 4.69) is 148 Å². The van der Waals surface area contributed by atoms with Crippen LogP contribution in [0.2, 0.25) is 39.3 Å². The average Bonchev–Trinajstić information content (AvgIpc) is 2.95. The molecule has 0 saturated heterocycles. The SMILES string of the molecule is C[Si](C)(C)c1ccc(-c2cccc3c2Pc2c(-c4ccc([Si](C)(C)C)cn4)cccc2N3c2ccccc2)nc1. The molecule has 0 N–H and O–H groups in total. The van der Waals surface area contributed by atoms with Crippen LogP contribution < -0.4 is 25.9 Å². The molecule has 200 valence electrons. The van der Waals surface area contributed by atoms with Crippen molar-refractivity contribution in [1.29, 1.82) is 0 Å². The highest BCUT2D eigenvalue weighted by Gasteiger charge is 2.29. The highest BCUT2D eigenvalue weighted by atomic mass is 31.1. The summed E-state index contributed by atoms with van der Waals surface area (Å²) in [5.41, 5.74) is 8.11. The zero-order valence-electron chi connectivity index (χ0n) is 24.2. The van der Waals surface area contributed by atoms with E-state index in [0.29, 0.717) is 8.58 Å². The van der Waals surface area contributed by atoms with Crippen molar-refractivity contribution in [2.45, 2.75) is 39.3 Å². The standard InChI is InChI=1S/C34H36N3PSi2/c1-39(2,3)25-18-20-29(35-22-25)27-14-10-16-31-33(27)38-34-28(30-21-19-26(23-36-30)40(4,5)6)15-11-17-32(34)37(31)24-12-8-7-9-13-24/h7-23,38H,1-6H3. The quantitative estimate of drug-likeness (QED) is 0.160. The van der Waals surface area contributed by atoms with E-state index in [1.54, 1.807) is 0 Å². The normalized spacial score (nSPS) is 13.1. The third kappa shape index (κ3) is 4.98. The number of rotatable bonds is 5. The van der Waals surface area contributed by atoms with Gasteiger partial charge in [-0.05, 0) is 46.8 Å². The van der Waals surface area contributed by atoms with Crippen molar-refractivity contribution >= 4 is 62.8 Å². The molecule has 1 aliphatic rings. The second-order valence-corrected chi connectivity index (χ2v) is 24.0. The number of anilines is 3. The summed E-state index contributed by atoms with van der Waals surface area (Å²) >= 11 is 0. The predicted octanol–water partition coefficient (Wildman–Crippen LogP) is 7.31. The Morgan fingerprint density at radius 3 is 1.40 bits per heavy atom. The van der Waals surface area contributed by atoms with Crippen molar-refractivity contribution in [3.05, 3.63) is 103 Å². The first kappa shape index (κ1) is 26.8. The third-order valence-electron chi connectivity index (χ3n) is 7.64. The van der Waals surface area contributed by atoms with Crippen molar-refractivity contribution < 1.29 is 0 Å². The Morgan fingerprint density at radius 2 is 1.00 bits per heavy atom. The number of hydrogen-bond donors (Lipinski definition) is 0. The monoisotopic (exact) mass is 573 g/mol. The maximum atomic E-state index is 5.00. The van der Waals surface area contributed by atoms with Gasteiger partial charge in [-0.1, -0.05) is 102 Å². The minimum atomic E-state index is -1.42. The van der Waals surface area contributed by atoms with Gasteiger partial charge in [-0.2, -0.15) is 0 Å². The van der Waals surface area contributed by atoms with Gasteiger partial charge in [-0.25, -0.2) is 0 Å². The summed E-state index contributed by atoms with van der Waals surface area (Å²) in [6, 6.07) is 33.1. The highest BCUT2D eigenvalue weighted by molar-refractivity contribution is 7.57. The van der Waals surface area contributed by atoms with Crippen LogP contribution in [-0.2, 0) is 0 Å². The Bertz CT molecular complexity index is 1560. The van der Waals surface area contributed by atoms with E-state index in [1.165, 1.54) is 43.5 Å². The molecule has 0 radical (unpaired) electrons. The van der Waals surface area contributed by atoms with Gasteiger partial charge in [0.25, 0.3) is 0 Å². The van der Waals surface area contributed by atoms with Crippen LogP contribution >= 0.6 is 8.58 Å². The zero-order chi connectivity index (χ0) is 28.1. The number of pyridine rings is 2. The van der Waals surface area contributed by atoms with Gasteiger partial charge in [0.15, 0.2) is 0 Å². The molecular weight excluding hydrogens is 538 g/mol. The van der Waals surface area contributed by atoms with E-state index in [0.717, 1.165) is 17.1 Å². The van der Waals surface area contributed by atoms with Crippen LogP contribution in [0.15, 0.2) is 103 Å². The van der Waals surface area contributed by atoms with Crippen LogP contribution in [0, 0.1) is 0 Å². The number of para-hydroxylation sites is 1. The Hall–Kier alpha value is -3.38. The van der Waals surface area contributed by atoms with E-state index in [1.807, 2.05) is 0 Å². The van der Waals surface area contributed by atoms with Gasteiger partial charge in [-0.3, -0.25) is 9.97 Å². The van der Waals surface area contributed by atoms with Gasteiger partial charge in [0.05, 0.1) is 38.9 Å². The summed E-state index contributed by atoms with van der Waals surface area (Å²) in [5, 5.41) is 5.43. The Morgan fingerprint density at radius 1 is 0.525 bits per heavy atom. The van der Waals surface area contributed by atoms with Gasteiger partial charge in [0.2, 0.25) is 0 Å². The van der Waals surface area contributed by atoms with E-state index in [4.69, 9.17) is 9.97 Å². The molecule has 0 unspecified atom stereocenters. The third-order valence-corrected chi connectivity index (χ3v) is 13.2. The molecule has 0 amide bonds. The molecule has 3 aromatic carbocycles. The van der Waals surface area contributed by atoms with Crippen LogP contribution in [0.3, 0.4) is 0 Å². The van der Waals surface area contributed by atoms with Crippen LogP contribution in [0.4, 0.5) is 17.1 Å². The lowest BCUT2D eigenvalue weighted by molar-refractivity contribution is 1.29. The molecule has 0 aliphatic carbocycles. The molecule has 1 aliphatic heterocycles. The molecule has 0 fully saturated rings. The van der Waals surface area contributed by atoms with E-state index >= 15 is 0 Å². The fraction of sp³-hybridized carbons (Fsp3) is 0.176. The molecule has 40 heavy (non-hydrogen) atoms. The predicted molar refractivity (Wildman–Crippen MR) is 181 cm³/mol. The van der Waals surface area contributed by atoms with E-state index in [9.17, 15) is 0 Å². The molecule has 3 heterocycles. The molecule has 6 rings (SSSR count). The maximum absolute atomic E-state index is 5.00. The van der Waals surface area contributed by atoms with Crippen molar-refractivity contribution in [2.75, 3.05) is 4.90 Å². The first-order valence-electron chi connectivity index (χ1n) is 13.9. The summed E-state index contributed by atoms with van der Waals surface area (Å²) in [5.74, 6) is 0. The molecule has 3 nitrogen and oxygen atoms in total. The molecule has 2 aromatic heterocycles. The smallest absolute Gasteiger partial charge is 0.0796 e. The molecule has 0 atom stereocenters. The van der Waals surface area contributed by atoms with Crippen molar-refractivity contribution in [3.63, 3.8) is 0 Å². The molecule has 5 aromatic rings. The molecule has 0 saturated carbocycles. The lowest BCUT2D eigenvalue weighted by atomic mass is 10.1. The second kappa shape index (κ2) is 10.2. The molecule has 0 spiro atoms. The van der Waals surface area contributed by atoms with Crippen molar-refractivity contribution in [3.8, 4) is 22.5 Å². The first-order chi connectivity index (χ1) is 19.1. The summed E-state index contributed by atoms with van der Waals surface area (Å²) in [4.78, 5) is 12.4. The fourth-order valence-electron chi connectivity index (χ4n) is 5.25. The largest absolute Gasteiger partial charge is 0.309 e. The van der Waals surface area contributed by atoms with E-state index < -0.39 is 16.1 Å². The zero-order valence-corrected chi connectivity index (χ0v) is 27.2. The lowest BCUT2D eigenvalue weighted by Crippen LogP contribution is -2.37. The van der Waals surface area contributed by atoms with Crippen LogP contribution in [-0.4, -0.2) is 26.1 Å². The highest BCUT2D eigenvalue weighted by Crippen LogP contribution is 2.44. The number of benzene rings is 3. The summed E-state index contributed by atoms with van der Waals surface area (Å²) in [7, 11) is -2.35. The molecular formula is C34H36N3PSi2.